The predicted molar refractivity (Wildman–Crippen MR) is 75.5 cm³/mol. The average Bonchev–Trinajstić information content (AvgIpc) is 2.92. The van der Waals surface area contributed by atoms with E-state index in [0.717, 1.165) is 25.7 Å². The summed E-state index contributed by atoms with van der Waals surface area (Å²) in [4.78, 5) is 0. The summed E-state index contributed by atoms with van der Waals surface area (Å²) in [6, 6.07) is 3.51. The zero-order valence-corrected chi connectivity index (χ0v) is 12.3. The Hall–Kier alpha value is -0.390. The van der Waals surface area contributed by atoms with Gasteiger partial charge in [0.15, 0.2) is 9.84 Å². The van der Waals surface area contributed by atoms with E-state index in [1.807, 2.05) is 5.38 Å². The minimum atomic E-state index is -3.18. The highest BCUT2D eigenvalue weighted by Gasteiger charge is 2.39. The molecule has 1 aliphatic carbocycles. The van der Waals surface area contributed by atoms with Crippen LogP contribution in [0.1, 0.15) is 32.6 Å². The second-order valence-electron chi connectivity index (χ2n) is 5.10. The molecule has 2 rings (SSSR count). The molecule has 0 radical (unpaired) electrons. The standard InChI is InChI=1S/C13H21NO2S2/c1-2-10-5-6-11(9-14)12(8-10)18(15,16)13-4-3-7-17-13/h3-4,7,10-12H,2,5-6,8-9,14H2,1H3. The summed E-state index contributed by atoms with van der Waals surface area (Å²) in [5.74, 6) is 0.660. The van der Waals surface area contributed by atoms with Crippen molar-refractivity contribution in [3.63, 3.8) is 0 Å². The van der Waals surface area contributed by atoms with Crippen LogP contribution in [-0.2, 0) is 9.84 Å². The lowest BCUT2D eigenvalue weighted by atomic mass is 9.80. The van der Waals surface area contributed by atoms with Gasteiger partial charge < -0.3 is 5.73 Å². The maximum absolute atomic E-state index is 12.6. The quantitative estimate of drug-likeness (QED) is 0.926. The second kappa shape index (κ2) is 5.72. The van der Waals surface area contributed by atoms with E-state index in [9.17, 15) is 8.42 Å². The van der Waals surface area contributed by atoms with Crippen LogP contribution in [0.3, 0.4) is 0 Å². The van der Waals surface area contributed by atoms with Crippen LogP contribution in [-0.4, -0.2) is 20.2 Å². The summed E-state index contributed by atoms with van der Waals surface area (Å²) in [5.41, 5.74) is 5.77. The van der Waals surface area contributed by atoms with Crippen molar-refractivity contribution < 1.29 is 8.42 Å². The summed E-state index contributed by atoms with van der Waals surface area (Å²) < 4.78 is 25.8. The number of thiophene rings is 1. The Morgan fingerprint density at radius 1 is 1.44 bits per heavy atom. The lowest BCUT2D eigenvalue weighted by Crippen LogP contribution is -2.39. The highest BCUT2D eigenvalue weighted by atomic mass is 32.2. The fraction of sp³-hybridized carbons (Fsp3) is 0.692. The van der Waals surface area contributed by atoms with Gasteiger partial charge in [-0.05, 0) is 42.7 Å². The van der Waals surface area contributed by atoms with Crippen LogP contribution in [0, 0.1) is 11.8 Å². The average molecular weight is 287 g/mol. The van der Waals surface area contributed by atoms with Crippen molar-refractivity contribution in [3.05, 3.63) is 17.5 Å². The van der Waals surface area contributed by atoms with Crippen LogP contribution in [0.2, 0.25) is 0 Å². The van der Waals surface area contributed by atoms with Crippen molar-refractivity contribution in [3.8, 4) is 0 Å². The van der Waals surface area contributed by atoms with Crippen LogP contribution in [0.4, 0.5) is 0 Å². The zero-order valence-electron chi connectivity index (χ0n) is 10.7. The molecule has 1 fully saturated rings. The molecule has 2 N–H and O–H groups in total. The van der Waals surface area contributed by atoms with Gasteiger partial charge >= 0.3 is 0 Å². The van der Waals surface area contributed by atoms with Gasteiger partial charge in [0, 0.05) is 0 Å². The third-order valence-electron chi connectivity index (χ3n) is 4.09. The van der Waals surface area contributed by atoms with Gasteiger partial charge in [-0.25, -0.2) is 8.42 Å². The fourth-order valence-corrected chi connectivity index (χ4v) is 6.24. The summed E-state index contributed by atoms with van der Waals surface area (Å²) >= 11 is 1.32. The number of sulfone groups is 1. The summed E-state index contributed by atoms with van der Waals surface area (Å²) in [7, 11) is -3.18. The Labute approximate surface area is 113 Å². The molecular formula is C13H21NO2S2. The van der Waals surface area contributed by atoms with Crippen LogP contribution < -0.4 is 5.73 Å². The first-order valence-corrected chi connectivity index (χ1v) is 8.99. The minimum absolute atomic E-state index is 0.125. The molecule has 3 nitrogen and oxygen atoms in total. The molecule has 1 aliphatic rings. The van der Waals surface area contributed by atoms with Crippen molar-refractivity contribution >= 4 is 21.2 Å². The normalized spacial score (nSPS) is 29.3. The van der Waals surface area contributed by atoms with Gasteiger partial charge in [-0.1, -0.05) is 25.8 Å². The molecule has 1 aromatic heterocycles. The SMILES string of the molecule is CCC1CCC(CN)C(S(=O)(=O)c2cccs2)C1. The van der Waals surface area contributed by atoms with Crippen molar-refractivity contribution in [2.45, 2.75) is 42.1 Å². The number of nitrogens with two attached hydrogens (primary N) is 1. The second-order valence-corrected chi connectivity index (χ2v) is 8.44. The molecule has 102 valence electrons. The summed E-state index contributed by atoms with van der Waals surface area (Å²) in [6.07, 6.45) is 3.91. The maximum atomic E-state index is 12.6. The van der Waals surface area contributed by atoms with Crippen LogP contribution >= 0.6 is 11.3 Å². The molecule has 1 aromatic rings. The van der Waals surface area contributed by atoms with E-state index in [1.165, 1.54) is 11.3 Å². The van der Waals surface area contributed by atoms with Gasteiger partial charge in [0.25, 0.3) is 0 Å². The lowest BCUT2D eigenvalue weighted by molar-refractivity contribution is 0.276. The molecule has 1 heterocycles. The molecule has 18 heavy (non-hydrogen) atoms. The van der Waals surface area contributed by atoms with E-state index in [2.05, 4.69) is 6.92 Å². The molecule has 0 bridgehead atoms. The largest absolute Gasteiger partial charge is 0.330 e. The zero-order chi connectivity index (χ0) is 13.2. The van der Waals surface area contributed by atoms with E-state index < -0.39 is 9.84 Å². The molecule has 5 heteroatoms. The van der Waals surface area contributed by atoms with Crippen LogP contribution in [0.5, 0.6) is 0 Å². The van der Waals surface area contributed by atoms with Gasteiger partial charge in [-0.15, -0.1) is 11.3 Å². The first-order valence-electron chi connectivity index (χ1n) is 6.57. The molecular weight excluding hydrogens is 266 g/mol. The topological polar surface area (TPSA) is 60.2 Å². The van der Waals surface area contributed by atoms with E-state index in [0.29, 0.717) is 16.7 Å². The third-order valence-corrected chi connectivity index (χ3v) is 7.81. The molecule has 0 spiro atoms. The first-order chi connectivity index (χ1) is 8.59. The molecule has 3 atom stereocenters. The summed E-state index contributed by atoms with van der Waals surface area (Å²) in [5, 5.41) is 1.55. The fourth-order valence-electron chi connectivity index (χ4n) is 2.87. The summed E-state index contributed by atoms with van der Waals surface area (Å²) in [6.45, 7) is 2.62. The van der Waals surface area contributed by atoms with Crippen molar-refractivity contribution in [1.29, 1.82) is 0 Å². The van der Waals surface area contributed by atoms with Crippen LogP contribution in [0.25, 0.3) is 0 Å². The molecule has 3 unspecified atom stereocenters. The third kappa shape index (κ3) is 2.63. The van der Waals surface area contributed by atoms with E-state index in [-0.39, 0.29) is 11.2 Å². The van der Waals surface area contributed by atoms with Crippen molar-refractivity contribution in [2.24, 2.45) is 17.6 Å². The molecule has 0 aromatic carbocycles. The Morgan fingerprint density at radius 2 is 2.22 bits per heavy atom. The van der Waals surface area contributed by atoms with E-state index >= 15 is 0 Å². The number of hydrogen-bond acceptors (Lipinski definition) is 4. The van der Waals surface area contributed by atoms with Crippen LogP contribution in [0.15, 0.2) is 21.7 Å². The predicted octanol–water partition coefficient (Wildman–Crippen LogP) is 2.68. The van der Waals surface area contributed by atoms with Gasteiger partial charge in [0.2, 0.25) is 0 Å². The van der Waals surface area contributed by atoms with Gasteiger partial charge in [-0.3, -0.25) is 0 Å². The van der Waals surface area contributed by atoms with E-state index in [4.69, 9.17) is 5.73 Å². The van der Waals surface area contributed by atoms with Gasteiger partial charge in [0.05, 0.1) is 5.25 Å². The van der Waals surface area contributed by atoms with Crippen molar-refractivity contribution in [1.82, 2.24) is 0 Å². The maximum Gasteiger partial charge on any atom is 0.190 e. The van der Waals surface area contributed by atoms with E-state index in [1.54, 1.807) is 12.1 Å². The molecule has 0 amide bonds. The van der Waals surface area contributed by atoms with Gasteiger partial charge in [-0.2, -0.15) is 0 Å². The highest BCUT2D eigenvalue weighted by molar-refractivity contribution is 7.94. The molecule has 0 aliphatic heterocycles. The highest BCUT2D eigenvalue weighted by Crippen LogP contribution is 2.37. The lowest BCUT2D eigenvalue weighted by Gasteiger charge is -2.34. The molecule has 0 saturated heterocycles. The Morgan fingerprint density at radius 3 is 2.78 bits per heavy atom. The Balaban J connectivity index is 2.28. The van der Waals surface area contributed by atoms with Gasteiger partial charge in [0.1, 0.15) is 4.21 Å². The molecule has 1 saturated carbocycles. The smallest absolute Gasteiger partial charge is 0.190 e. The van der Waals surface area contributed by atoms with Crippen molar-refractivity contribution in [2.75, 3.05) is 6.54 Å². The minimum Gasteiger partial charge on any atom is -0.330 e. The number of hydrogen-bond donors (Lipinski definition) is 1. The Bertz CT molecular complexity index is 467. The number of rotatable bonds is 4. The Kier molecular flexibility index (Phi) is 4.45. The first kappa shape index (κ1) is 14.0. The monoisotopic (exact) mass is 287 g/mol.